The first kappa shape index (κ1) is 54.1. The quantitative estimate of drug-likeness (QED) is 0.123. The van der Waals surface area contributed by atoms with Gasteiger partial charge in [-0.25, -0.2) is 14.4 Å². The van der Waals surface area contributed by atoms with Gasteiger partial charge in [-0.05, 0) is 54.4 Å². The summed E-state index contributed by atoms with van der Waals surface area (Å²) >= 11 is 0. The van der Waals surface area contributed by atoms with Crippen LogP contribution in [0.15, 0.2) is 0 Å². The maximum atomic E-state index is 11.5. The first-order valence-corrected chi connectivity index (χ1v) is 21.1. The lowest BCUT2D eigenvalue weighted by Crippen LogP contribution is -2.36. The normalized spacial score (nSPS) is 18.3. The van der Waals surface area contributed by atoms with E-state index in [-0.39, 0.29) is 53.2 Å². The molecule has 2 heterocycles. The molecule has 2 rings (SSSR count). The maximum absolute atomic E-state index is 11.5. The van der Waals surface area contributed by atoms with Crippen molar-refractivity contribution in [2.24, 2.45) is 5.73 Å². The Kier molecular flexibility index (Phi) is 26.1. The molecule has 2 fully saturated rings. The lowest BCUT2D eigenvalue weighted by atomic mass is 10.2. The van der Waals surface area contributed by atoms with Gasteiger partial charge in [0.25, 0.3) is 20.2 Å². The Hall–Kier alpha value is -2.00. The van der Waals surface area contributed by atoms with E-state index in [1.54, 1.807) is 4.90 Å². The molecule has 0 aromatic rings. The molecule has 0 spiro atoms. The number of rotatable bonds is 12. The third-order valence-electron chi connectivity index (χ3n) is 6.30. The number of amides is 2. The van der Waals surface area contributed by atoms with Gasteiger partial charge in [0.2, 0.25) is 0 Å². The van der Waals surface area contributed by atoms with E-state index in [1.165, 1.54) is 19.1 Å². The number of carbonyl (C=O) groups is 4. The maximum Gasteiger partial charge on any atom is 0.410 e. The highest BCUT2D eigenvalue weighted by Crippen LogP contribution is 2.16. The summed E-state index contributed by atoms with van der Waals surface area (Å²) in [6.07, 6.45) is 0.985. The number of carbonyl (C=O) groups excluding carboxylic acids is 4. The lowest BCUT2D eigenvalue weighted by molar-refractivity contribution is -0.154. The summed E-state index contributed by atoms with van der Waals surface area (Å²) < 4.78 is 80.0. The summed E-state index contributed by atoms with van der Waals surface area (Å²) in [5.74, 6) is -1.12. The number of hydrogen-bond donors (Lipinski definition) is 2. The number of esters is 2. The first-order chi connectivity index (χ1) is 24.6. The van der Waals surface area contributed by atoms with Gasteiger partial charge in [0.1, 0.15) is 11.2 Å². The molecular formula is C30H65N3O17P2S2. The van der Waals surface area contributed by atoms with Crippen LogP contribution >= 0.6 is 18.9 Å². The third-order valence-corrected chi connectivity index (χ3v) is 8.17. The van der Waals surface area contributed by atoms with Crippen LogP contribution in [0.4, 0.5) is 9.59 Å². The van der Waals surface area contributed by atoms with Crippen molar-refractivity contribution in [3.05, 3.63) is 0 Å². The molecule has 324 valence electrons. The van der Waals surface area contributed by atoms with Gasteiger partial charge in [0.05, 0.1) is 58.6 Å². The van der Waals surface area contributed by atoms with Crippen LogP contribution in [-0.4, -0.2) is 158 Å². The number of aliphatic hydroxyl groups excluding tert-OH is 1. The van der Waals surface area contributed by atoms with Crippen molar-refractivity contribution in [2.45, 2.75) is 103 Å². The molecule has 2 aliphatic heterocycles. The predicted octanol–water partition coefficient (Wildman–Crippen LogP) is 1.84. The zero-order valence-corrected chi connectivity index (χ0v) is 36.7. The molecule has 0 radical (unpaired) electrons. The van der Waals surface area contributed by atoms with Gasteiger partial charge in [0.15, 0.2) is 6.10 Å². The van der Waals surface area contributed by atoms with Crippen LogP contribution < -0.4 is 5.73 Å². The summed E-state index contributed by atoms with van der Waals surface area (Å²) in [4.78, 5) is 47.6. The van der Waals surface area contributed by atoms with E-state index in [4.69, 9.17) is 19.7 Å². The minimum atomic E-state index is -3.53. The Labute approximate surface area is 327 Å². The highest BCUT2D eigenvalue weighted by atomic mass is 32.2. The van der Waals surface area contributed by atoms with Crippen molar-refractivity contribution < 1.29 is 80.3 Å². The van der Waals surface area contributed by atoms with Crippen molar-refractivity contribution in [1.82, 2.24) is 9.80 Å². The number of nitrogens with zero attached hydrogens (tertiary/aromatic N) is 2. The Morgan fingerprint density at radius 3 is 1.63 bits per heavy atom. The molecule has 2 unspecified atom stereocenters. The van der Waals surface area contributed by atoms with Crippen LogP contribution in [0.25, 0.3) is 0 Å². The Morgan fingerprint density at radius 2 is 1.30 bits per heavy atom. The van der Waals surface area contributed by atoms with E-state index in [1.807, 2.05) is 60.5 Å². The molecular weight excluding hydrogens is 800 g/mol. The topological polar surface area (TPSA) is 263 Å². The van der Waals surface area contributed by atoms with Gasteiger partial charge in [-0.15, -0.1) is 0 Å². The van der Waals surface area contributed by atoms with E-state index in [0.29, 0.717) is 26.1 Å². The smallest absolute Gasteiger partial charge is 0.410 e. The summed E-state index contributed by atoms with van der Waals surface area (Å²) in [7, 11) is -0.721. The van der Waals surface area contributed by atoms with Crippen LogP contribution in [0.2, 0.25) is 0 Å². The van der Waals surface area contributed by atoms with Crippen LogP contribution in [0.3, 0.4) is 0 Å². The second kappa shape index (κ2) is 26.0. The number of ether oxygens (including phenoxy) is 4. The number of aliphatic hydroxyl groups is 1. The first-order valence-electron chi connectivity index (χ1n) is 16.5. The molecule has 0 aliphatic carbocycles. The zero-order chi connectivity index (χ0) is 42.5. The average Bonchev–Trinajstić information content (AvgIpc) is 3.67. The highest BCUT2D eigenvalue weighted by molar-refractivity contribution is 7.86. The highest BCUT2D eigenvalue weighted by Gasteiger charge is 2.29. The molecule has 2 amide bonds. The lowest BCUT2D eigenvalue weighted by Gasteiger charge is -2.24. The number of β-amino-alcohol motifs (C(OH)–C–C–N with tert-alkyl or cyclic N) is 1. The molecule has 54 heavy (non-hydrogen) atoms. The van der Waals surface area contributed by atoms with E-state index >= 15 is 0 Å². The minimum Gasteiger partial charge on any atom is -0.469 e. The summed E-state index contributed by atoms with van der Waals surface area (Å²) in [5.41, 5.74) is 4.81. The fourth-order valence-corrected chi connectivity index (χ4v) is 5.01. The van der Waals surface area contributed by atoms with Gasteiger partial charge in [0, 0.05) is 60.4 Å². The van der Waals surface area contributed by atoms with E-state index in [0.717, 1.165) is 25.5 Å². The van der Waals surface area contributed by atoms with Crippen molar-refractivity contribution in [1.29, 1.82) is 0 Å². The third kappa shape index (κ3) is 30.2. The van der Waals surface area contributed by atoms with Gasteiger partial charge in [-0.1, -0.05) is 0 Å². The fourth-order valence-electron chi connectivity index (χ4n) is 3.79. The molecule has 2 saturated heterocycles. The number of methoxy groups -OCH3 is 2. The van der Waals surface area contributed by atoms with E-state index in [2.05, 4.69) is 22.4 Å². The predicted molar refractivity (Wildman–Crippen MR) is 207 cm³/mol. The minimum absolute atomic E-state index is 0. The van der Waals surface area contributed by atoms with Gasteiger partial charge >= 0.3 is 24.1 Å². The zero-order valence-electron chi connectivity index (χ0n) is 32.8. The number of nitrogens with two attached hydrogens (primary N) is 1. The van der Waals surface area contributed by atoms with Crippen molar-refractivity contribution in [3.63, 3.8) is 0 Å². The fraction of sp³-hybridized carbons (Fsp3) is 0.867. The Bertz CT molecular complexity index is 1330. The van der Waals surface area contributed by atoms with Crippen LogP contribution in [0.1, 0.15) is 70.1 Å². The SMILES string of the molecule is CC(C)(C)OC(=O)N1CC[C@H](N)C1.CC(C)(C)OC(=O)N1CC[C@H](O)C1.COC(=O)C[C@H](OP)C(=O)OC.CS(=O)(=O)OCC[C@@H](COS(C)(=O)=O)OP.[3HH].[3HH]. The molecule has 24 heteroatoms. The second-order valence-electron chi connectivity index (χ2n) is 13.8. The molecule has 2 aliphatic rings. The standard InChI is InChI=1S/C9H18N2O2.C9H17NO3.C6H15O7PS2.C6H11O5P.2H2/c1-9(2,3)13-8(12)11-5-4-7(10)6-11;1-9(2,3)13-8(12)10-5-4-7(11)6-10;1-15(7,8)11-4-3-6(13-14)5-12-16(2,9)10;1-9-5(7)3-4(11-12)6(8)10-2;;/h7H,4-6,10H2,1-3H3;7,11H,4-6H2,1-3H3;6H,3-5,14H2,1-2H3;4H,3,12H2,1-2H3;2*1H/t2*7-;6-;4-;;/m0000../s1/i;;;;2*1+2. The Balaban J connectivity index is -0.000000320. The van der Waals surface area contributed by atoms with Crippen molar-refractivity contribution >= 4 is 63.3 Å². The number of hydrogen-bond acceptors (Lipinski definition) is 18. The van der Waals surface area contributed by atoms with E-state index < -0.39 is 55.6 Å². The molecule has 0 bridgehead atoms. The van der Waals surface area contributed by atoms with Crippen molar-refractivity contribution in [2.75, 3.05) is 66.1 Å². The van der Waals surface area contributed by atoms with Gasteiger partial charge < -0.3 is 48.6 Å². The van der Waals surface area contributed by atoms with Crippen LogP contribution in [0, 0.1) is 0 Å². The van der Waals surface area contributed by atoms with Crippen LogP contribution in [0.5, 0.6) is 0 Å². The summed E-state index contributed by atoms with van der Waals surface area (Å²) in [5, 5.41) is 9.20. The summed E-state index contributed by atoms with van der Waals surface area (Å²) in [6.45, 7) is 13.1. The molecule has 0 aromatic carbocycles. The van der Waals surface area contributed by atoms with Crippen molar-refractivity contribution in [3.8, 4) is 0 Å². The largest absolute Gasteiger partial charge is 0.469 e. The van der Waals surface area contributed by atoms with E-state index in [9.17, 15) is 41.1 Å². The molecule has 6 atom stereocenters. The Morgan fingerprint density at radius 1 is 0.815 bits per heavy atom. The molecule has 3 N–H and O–H groups in total. The van der Waals surface area contributed by atoms with Crippen LogP contribution in [-0.2, 0) is 66.2 Å². The molecule has 20 nitrogen and oxygen atoms in total. The average molecular weight is 870 g/mol. The monoisotopic (exact) mass is 869 g/mol. The van der Waals surface area contributed by atoms with Gasteiger partial charge in [-0.2, -0.15) is 16.8 Å². The molecule has 0 aromatic heterocycles. The summed E-state index contributed by atoms with van der Waals surface area (Å²) in [6, 6.07) is 0.118. The van der Waals surface area contributed by atoms with Gasteiger partial charge in [-0.3, -0.25) is 13.2 Å². The second-order valence-corrected chi connectivity index (χ2v) is 17.7. The molecule has 0 saturated carbocycles. The number of likely N-dealkylation sites (tertiary alicyclic amines) is 2.